The Labute approximate surface area is 147 Å². The number of phenolic OH excluding ortho intramolecular Hbond substituents is 1. The van der Waals surface area contributed by atoms with Gasteiger partial charge < -0.3 is 9.67 Å². The second-order valence-electron chi connectivity index (χ2n) is 5.57. The molecule has 1 heterocycles. The van der Waals surface area contributed by atoms with Crippen LogP contribution in [0.15, 0.2) is 66.9 Å². The van der Waals surface area contributed by atoms with Crippen molar-refractivity contribution in [2.24, 2.45) is 0 Å². The van der Waals surface area contributed by atoms with Crippen LogP contribution in [-0.4, -0.2) is 9.67 Å². The van der Waals surface area contributed by atoms with Crippen molar-refractivity contribution in [3.63, 3.8) is 0 Å². The molecular formula is C20H13F3N2O. The summed E-state index contributed by atoms with van der Waals surface area (Å²) in [5.74, 6) is 0.125. The Balaban J connectivity index is 2.03. The lowest BCUT2D eigenvalue weighted by Gasteiger charge is -2.09. The van der Waals surface area contributed by atoms with Crippen LogP contribution in [0.5, 0.6) is 5.75 Å². The van der Waals surface area contributed by atoms with Crippen molar-refractivity contribution in [2.75, 3.05) is 0 Å². The summed E-state index contributed by atoms with van der Waals surface area (Å²) in [7, 11) is 0. The van der Waals surface area contributed by atoms with Gasteiger partial charge in [-0.1, -0.05) is 12.1 Å². The maximum absolute atomic E-state index is 12.9. The highest BCUT2D eigenvalue weighted by molar-refractivity contribution is 5.89. The Morgan fingerprint density at radius 1 is 1.04 bits per heavy atom. The molecule has 26 heavy (non-hydrogen) atoms. The second-order valence-corrected chi connectivity index (χ2v) is 5.57. The number of halogens is 3. The van der Waals surface area contributed by atoms with E-state index >= 15 is 0 Å². The molecule has 0 spiro atoms. The molecule has 3 nitrogen and oxygen atoms in total. The van der Waals surface area contributed by atoms with Gasteiger partial charge in [-0.2, -0.15) is 18.4 Å². The van der Waals surface area contributed by atoms with Gasteiger partial charge in [0, 0.05) is 17.6 Å². The molecule has 0 amide bonds. The van der Waals surface area contributed by atoms with E-state index in [0.29, 0.717) is 5.69 Å². The third-order valence-electron chi connectivity index (χ3n) is 3.82. The number of hydrogen-bond donors (Lipinski definition) is 1. The largest absolute Gasteiger partial charge is 0.508 e. The van der Waals surface area contributed by atoms with Gasteiger partial charge in [0.1, 0.15) is 5.75 Å². The minimum atomic E-state index is -4.47. The van der Waals surface area contributed by atoms with Crippen LogP contribution >= 0.6 is 0 Å². The van der Waals surface area contributed by atoms with Crippen molar-refractivity contribution in [2.45, 2.75) is 6.18 Å². The quantitative estimate of drug-likeness (QED) is 0.652. The molecule has 1 N–H and O–H groups in total. The first kappa shape index (κ1) is 17.4. The normalized spacial score (nSPS) is 12.0. The van der Waals surface area contributed by atoms with Crippen molar-refractivity contribution >= 4 is 11.6 Å². The Morgan fingerprint density at radius 2 is 1.77 bits per heavy atom. The first-order chi connectivity index (χ1) is 12.4. The second kappa shape index (κ2) is 6.81. The topological polar surface area (TPSA) is 49.0 Å². The molecule has 0 saturated heterocycles. The van der Waals surface area contributed by atoms with E-state index in [4.69, 9.17) is 0 Å². The molecule has 0 aliphatic carbocycles. The summed E-state index contributed by atoms with van der Waals surface area (Å²) in [6.07, 6.45) is -1.18. The number of phenols is 1. The van der Waals surface area contributed by atoms with Crippen LogP contribution in [0.2, 0.25) is 0 Å². The number of hydrogen-bond acceptors (Lipinski definition) is 2. The molecule has 0 radical (unpaired) electrons. The zero-order valence-electron chi connectivity index (χ0n) is 13.4. The maximum Gasteiger partial charge on any atom is 0.416 e. The molecule has 0 atom stereocenters. The highest BCUT2D eigenvalue weighted by Gasteiger charge is 2.30. The summed E-state index contributed by atoms with van der Waals surface area (Å²) in [6, 6.07) is 16.6. The number of alkyl halides is 3. The average molecular weight is 354 g/mol. The van der Waals surface area contributed by atoms with Crippen molar-refractivity contribution in [3.8, 4) is 17.5 Å². The molecular weight excluding hydrogens is 341 g/mol. The Morgan fingerprint density at radius 3 is 2.42 bits per heavy atom. The van der Waals surface area contributed by atoms with Crippen molar-refractivity contribution in [1.29, 1.82) is 5.26 Å². The molecule has 0 unspecified atom stereocenters. The highest BCUT2D eigenvalue weighted by atomic mass is 19.4. The fourth-order valence-corrected chi connectivity index (χ4v) is 2.55. The number of aromatic hydroxyl groups is 1. The van der Waals surface area contributed by atoms with Crippen LogP contribution in [0.1, 0.15) is 16.8 Å². The Hall–Kier alpha value is -3.46. The van der Waals surface area contributed by atoms with Crippen LogP contribution in [0.3, 0.4) is 0 Å². The lowest BCUT2D eigenvalue weighted by molar-refractivity contribution is -0.137. The average Bonchev–Trinajstić information content (AvgIpc) is 3.08. The molecule has 2 aromatic carbocycles. The summed E-state index contributed by atoms with van der Waals surface area (Å²) in [4.78, 5) is 0. The summed E-state index contributed by atoms with van der Waals surface area (Å²) in [5, 5.41) is 18.8. The minimum absolute atomic E-state index is 0.120. The summed E-state index contributed by atoms with van der Waals surface area (Å²) < 4.78 is 40.5. The zero-order valence-corrected chi connectivity index (χ0v) is 13.4. The number of aromatic nitrogens is 1. The van der Waals surface area contributed by atoms with E-state index in [1.54, 1.807) is 35.0 Å². The smallest absolute Gasteiger partial charge is 0.416 e. The van der Waals surface area contributed by atoms with Crippen LogP contribution in [-0.2, 0) is 6.18 Å². The summed E-state index contributed by atoms with van der Waals surface area (Å²) in [5.41, 5.74) is 0.894. The van der Waals surface area contributed by atoms with E-state index < -0.39 is 11.7 Å². The van der Waals surface area contributed by atoms with E-state index in [2.05, 4.69) is 0 Å². The molecule has 1 aromatic heterocycles. The predicted molar refractivity (Wildman–Crippen MR) is 92.4 cm³/mol. The van der Waals surface area contributed by atoms with E-state index in [1.165, 1.54) is 30.3 Å². The molecule has 0 bridgehead atoms. The Kier molecular flexibility index (Phi) is 4.55. The number of rotatable bonds is 3. The fraction of sp³-hybridized carbons (Fsp3) is 0.0500. The standard InChI is InChI=1S/C20H13F3N2O/c21-20(22,23)16-4-1-3-14(11-16)15(13-24)12-18-5-2-10-25(18)17-6-8-19(26)9-7-17/h1-12,26H/b15-12-. The number of nitriles is 1. The Bertz CT molecular complexity index is 993. The number of nitrogens with zero attached hydrogens (tertiary/aromatic N) is 2. The molecule has 130 valence electrons. The predicted octanol–water partition coefficient (Wildman–Crippen LogP) is 5.27. The van der Waals surface area contributed by atoms with Gasteiger partial charge in [-0.05, 0) is 60.2 Å². The molecule has 0 aliphatic heterocycles. The molecule has 0 aliphatic rings. The van der Waals surface area contributed by atoms with Crippen molar-refractivity contribution in [1.82, 2.24) is 4.57 Å². The highest BCUT2D eigenvalue weighted by Crippen LogP contribution is 2.31. The maximum atomic E-state index is 12.9. The lowest BCUT2D eigenvalue weighted by Crippen LogP contribution is -2.05. The van der Waals surface area contributed by atoms with Gasteiger partial charge in [0.05, 0.1) is 17.2 Å². The van der Waals surface area contributed by atoms with Gasteiger partial charge >= 0.3 is 6.18 Å². The van der Waals surface area contributed by atoms with Gasteiger partial charge in [0.2, 0.25) is 0 Å². The molecule has 3 aromatic rings. The summed E-state index contributed by atoms with van der Waals surface area (Å²) >= 11 is 0. The third kappa shape index (κ3) is 3.62. The zero-order chi connectivity index (χ0) is 18.7. The summed E-state index contributed by atoms with van der Waals surface area (Å²) in [6.45, 7) is 0. The first-order valence-corrected chi connectivity index (χ1v) is 7.64. The molecule has 0 saturated carbocycles. The molecule has 0 fully saturated rings. The molecule has 6 heteroatoms. The van der Waals surface area contributed by atoms with Crippen LogP contribution in [0.4, 0.5) is 13.2 Å². The van der Waals surface area contributed by atoms with E-state index in [-0.39, 0.29) is 16.9 Å². The van der Waals surface area contributed by atoms with Gasteiger partial charge in [-0.25, -0.2) is 0 Å². The monoisotopic (exact) mass is 354 g/mol. The minimum Gasteiger partial charge on any atom is -0.508 e. The van der Waals surface area contributed by atoms with Gasteiger partial charge in [-0.15, -0.1) is 0 Å². The van der Waals surface area contributed by atoms with E-state index in [9.17, 15) is 23.5 Å². The van der Waals surface area contributed by atoms with E-state index in [0.717, 1.165) is 17.8 Å². The van der Waals surface area contributed by atoms with E-state index in [1.807, 2.05) is 6.07 Å². The third-order valence-corrected chi connectivity index (χ3v) is 3.82. The SMILES string of the molecule is N#C/C(=C/c1cccn1-c1ccc(O)cc1)c1cccc(C(F)(F)F)c1. The van der Waals surface area contributed by atoms with Crippen molar-refractivity contribution in [3.05, 3.63) is 83.7 Å². The first-order valence-electron chi connectivity index (χ1n) is 7.64. The van der Waals surface area contributed by atoms with Gasteiger partial charge in [0.15, 0.2) is 0 Å². The van der Waals surface area contributed by atoms with Gasteiger partial charge in [0.25, 0.3) is 0 Å². The van der Waals surface area contributed by atoms with Crippen LogP contribution < -0.4 is 0 Å². The lowest BCUT2D eigenvalue weighted by atomic mass is 10.0. The van der Waals surface area contributed by atoms with Crippen molar-refractivity contribution < 1.29 is 18.3 Å². The van der Waals surface area contributed by atoms with Crippen LogP contribution in [0.25, 0.3) is 17.3 Å². The van der Waals surface area contributed by atoms with Gasteiger partial charge in [-0.3, -0.25) is 0 Å². The number of benzene rings is 2. The molecule has 3 rings (SSSR count). The number of allylic oxidation sites excluding steroid dienone is 1. The fourth-order valence-electron chi connectivity index (χ4n) is 2.55. The van der Waals surface area contributed by atoms with Crippen LogP contribution in [0, 0.1) is 11.3 Å².